The highest BCUT2D eigenvalue weighted by Gasteiger charge is 2.42. The molecular formula is C26H32N2O5S. The summed E-state index contributed by atoms with van der Waals surface area (Å²) in [5.74, 6) is 2.60. The van der Waals surface area contributed by atoms with Crippen LogP contribution in [-0.4, -0.2) is 34.6 Å². The highest BCUT2D eigenvalue weighted by molar-refractivity contribution is 7.89. The molecule has 2 aromatic rings. The van der Waals surface area contributed by atoms with Crippen molar-refractivity contribution in [3.05, 3.63) is 54.1 Å². The monoisotopic (exact) mass is 484 g/mol. The first-order chi connectivity index (χ1) is 16.3. The van der Waals surface area contributed by atoms with E-state index < -0.39 is 10.0 Å². The number of carbonyl (C=O) groups is 1. The van der Waals surface area contributed by atoms with Gasteiger partial charge in [-0.25, -0.2) is 13.1 Å². The molecule has 2 fully saturated rings. The van der Waals surface area contributed by atoms with Gasteiger partial charge in [-0.05, 0) is 80.3 Å². The highest BCUT2D eigenvalue weighted by Crippen LogP contribution is 2.49. The average Bonchev–Trinajstić information content (AvgIpc) is 3.46. The summed E-state index contributed by atoms with van der Waals surface area (Å²) in [4.78, 5) is 12.6. The molecule has 0 aliphatic heterocycles. The predicted octanol–water partition coefficient (Wildman–Crippen LogP) is 4.46. The van der Waals surface area contributed by atoms with Crippen molar-refractivity contribution in [1.82, 2.24) is 4.72 Å². The molecular weight excluding hydrogens is 452 g/mol. The third kappa shape index (κ3) is 5.28. The van der Waals surface area contributed by atoms with Crippen molar-refractivity contribution in [2.24, 2.45) is 17.8 Å². The number of anilines is 1. The first kappa shape index (κ1) is 24.3. The van der Waals surface area contributed by atoms with Crippen LogP contribution in [0.2, 0.25) is 0 Å². The fourth-order valence-corrected chi connectivity index (χ4v) is 6.71. The van der Waals surface area contributed by atoms with E-state index in [2.05, 4.69) is 10.0 Å². The molecule has 0 saturated heterocycles. The van der Waals surface area contributed by atoms with E-state index in [0.29, 0.717) is 34.6 Å². The van der Waals surface area contributed by atoms with Crippen LogP contribution in [0, 0.1) is 17.8 Å². The van der Waals surface area contributed by atoms with Gasteiger partial charge in [0.2, 0.25) is 15.9 Å². The molecule has 0 spiro atoms. The average molecular weight is 485 g/mol. The molecule has 2 aliphatic rings. The number of sulfonamides is 1. The van der Waals surface area contributed by atoms with Crippen molar-refractivity contribution in [3.8, 4) is 11.5 Å². The molecule has 4 unspecified atom stereocenters. The summed E-state index contributed by atoms with van der Waals surface area (Å²) < 4.78 is 39.3. The Bertz CT molecular complexity index is 1160. The van der Waals surface area contributed by atoms with Crippen LogP contribution in [-0.2, 0) is 14.8 Å². The fourth-order valence-electron chi connectivity index (χ4n) is 5.42. The van der Waals surface area contributed by atoms with E-state index in [4.69, 9.17) is 9.47 Å². The normalized spacial score (nSPS) is 22.6. The molecule has 182 valence electrons. The van der Waals surface area contributed by atoms with E-state index in [9.17, 15) is 13.2 Å². The Morgan fingerprint density at radius 3 is 2.44 bits per heavy atom. The van der Waals surface area contributed by atoms with E-state index in [1.165, 1.54) is 44.6 Å². The molecule has 2 aliphatic carbocycles. The minimum absolute atomic E-state index is 0.0848. The lowest BCUT2D eigenvalue weighted by Crippen LogP contribution is -2.40. The smallest absolute Gasteiger partial charge is 0.248 e. The Hall–Kier alpha value is -2.84. The summed E-state index contributed by atoms with van der Waals surface area (Å²) in [6.45, 7) is 1.97. The van der Waals surface area contributed by atoms with E-state index >= 15 is 0 Å². The lowest BCUT2D eigenvalue weighted by molar-refractivity contribution is -0.111. The van der Waals surface area contributed by atoms with Gasteiger partial charge in [0.25, 0.3) is 0 Å². The number of methoxy groups -OCH3 is 2. The second kappa shape index (κ2) is 10.2. The van der Waals surface area contributed by atoms with Gasteiger partial charge < -0.3 is 14.8 Å². The third-order valence-electron chi connectivity index (χ3n) is 7.06. The van der Waals surface area contributed by atoms with Crippen LogP contribution in [0.15, 0.2) is 53.4 Å². The summed E-state index contributed by atoms with van der Waals surface area (Å²) in [6.07, 6.45) is 7.89. The zero-order valence-corrected chi connectivity index (χ0v) is 20.6. The molecule has 4 rings (SSSR count). The van der Waals surface area contributed by atoms with Gasteiger partial charge in [0, 0.05) is 23.4 Å². The molecule has 34 heavy (non-hydrogen) atoms. The largest absolute Gasteiger partial charge is 0.493 e. The van der Waals surface area contributed by atoms with Crippen molar-refractivity contribution in [3.63, 3.8) is 0 Å². The molecule has 0 heterocycles. The highest BCUT2D eigenvalue weighted by atomic mass is 32.2. The van der Waals surface area contributed by atoms with Crippen LogP contribution in [0.3, 0.4) is 0 Å². The summed E-state index contributed by atoms with van der Waals surface area (Å²) in [5, 5.41) is 2.75. The number of amides is 1. The molecule has 2 aromatic carbocycles. The number of nitrogens with one attached hydrogen (secondary N) is 2. The second-order valence-corrected chi connectivity index (χ2v) is 10.9. The van der Waals surface area contributed by atoms with Gasteiger partial charge in [0.05, 0.1) is 19.1 Å². The van der Waals surface area contributed by atoms with Gasteiger partial charge in [0.1, 0.15) is 0 Å². The number of fused-ring (bicyclic) bond motifs is 2. The van der Waals surface area contributed by atoms with E-state index in [1.807, 2.05) is 19.1 Å². The Labute approximate surface area is 201 Å². The van der Waals surface area contributed by atoms with Gasteiger partial charge in [-0.1, -0.05) is 18.6 Å². The van der Waals surface area contributed by atoms with Crippen molar-refractivity contribution < 1.29 is 22.7 Å². The predicted molar refractivity (Wildman–Crippen MR) is 132 cm³/mol. The quantitative estimate of drug-likeness (QED) is 0.513. The lowest BCUT2D eigenvalue weighted by Gasteiger charge is -2.28. The Morgan fingerprint density at radius 2 is 1.82 bits per heavy atom. The molecule has 1 amide bonds. The van der Waals surface area contributed by atoms with Crippen molar-refractivity contribution in [1.29, 1.82) is 0 Å². The SMILES string of the molecule is COc1cccc(/C=C/C(=O)Nc2ccc(S(=O)(=O)NC(C)C3CC4CCC3C4)cc2)c1OC. The van der Waals surface area contributed by atoms with Crippen LogP contribution in [0.25, 0.3) is 6.08 Å². The van der Waals surface area contributed by atoms with Gasteiger partial charge in [-0.2, -0.15) is 0 Å². The number of hydrogen-bond donors (Lipinski definition) is 2. The number of ether oxygens (including phenoxy) is 2. The van der Waals surface area contributed by atoms with Crippen LogP contribution in [0.5, 0.6) is 11.5 Å². The molecule has 0 radical (unpaired) electrons. The van der Waals surface area contributed by atoms with Gasteiger partial charge >= 0.3 is 0 Å². The van der Waals surface area contributed by atoms with E-state index in [0.717, 1.165) is 12.3 Å². The van der Waals surface area contributed by atoms with Gasteiger partial charge in [-0.3, -0.25) is 4.79 Å². The number of para-hydroxylation sites is 1. The molecule has 0 aromatic heterocycles. The van der Waals surface area contributed by atoms with Crippen molar-refractivity contribution in [2.45, 2.75) is 43.5 Å². The van der Waals surface area contributed by atoms with Crippen LogP contribution >= 0.6 is 0 Å². The summed E-state index contributed by atoms with van der Waals surface area (Å²) >= 11 is 0. The molecule has 7 nitrogen and oxygen atoms in total. The second-order valence-electron chi connectivity index (χ2n) is 9.18. The van der Waals surface area contributed by atoms with Crippen molar-refractivity contribution >= 4 is 27.7 Å². The number of benzene rings is 2. The van der Waals surface area contributed by atoms with E-state index in [1.54, 1.807) is 31.4 Å². The molecule has 2 N–H and O–H groups in total. The number of hydrogen-bond acceptors (Lipinski definition) is 5. The standard InChI is InChI=1S/C26H32N2O5S/c1-17(23-16-18-7-8-20(23)15-18)28-34(30,31)22-12-10-21(11-13-22)27-25(29)14-9-19-5-4-6-24(32-2)26(19)33-3/h4-6,9-14,17-18,20,23,28H,7-8,15-16H2,1-3H3,(H,27,29)/b14-9+. The topological polar surface area (TPSA) is 93.7 Å². The molecule has 2 saturated carbocycles. The minimum Gasteiger partial charge on any atom is -0.493 e. The zero-order valence-electron chi connectivity index (χ0n) is 19.8. The maximum absolute atomic E-state index is 12.9. The first-order valence-corrected chi connectivity index (χ1v) is 13.1. The Kier molecular flexibility index (Phi) is 7.28. The zero-order chi connectivity index (χ0) is 24.3. The Morgan fingerprint density at radius 1 is 1.06 bits per heavy atom. The molecule has 4 atom stereocenters. The van der Waals surface area contributed by atoms with Crippen LogP contribution in [0.1, 0.15) is 38.2 Å². The molecule has 8 heteroatoms. The van der Waals surface area contributed by atoms with E-state index in [-0.39, 0.29) is 16.8 Å². The van der Waals surface area contributed by atoms with Gasteiger partial charge in [-0.15, -0.1) is 0 Å². The summed E-state index contributed by atoms with van der Waals surface area (Å²) in [5.41, 5.74) is 1.21. The first-order valence-electron chi connectivity index (χ1n) is 11.6. The molecule has 2 bridgehead atoms. The number of rotatable bonds is 9. The van der Waals surface area contributed by atoms with Crippen LogP contribution < -0.4 is 19.5 Å². The Balaban J connectivity index is 1.37. The fraction of sp³-hybridized carbons (Fsp3) is 0.423. The maximum atomic E-state index is 12.9. The summed E-state index contributed by atoms with van der Waals surface area (Å²) in [6, 6.07) is 11.5. The lowest BCUT2D eigenvalue weighted by atomic mass is 9.84. The van der Waals surface area contributed by atoms with Gasteiger partial charge in [0.15, 0.2) is 11.5 Å². The van der Waals surface area contributed by atoms with Crippen LogP contribution in [0.4, 0.5) is 5.69 Å². The summed E-state index contributed by atoms with van der Waals surface area (Å²) in [7, 11) is -0.530. The van der Waals surface area contributed by atoms with Crippen molar-refractivity contribution in [2.75, 3.05) is 19.5 Å². The third-order valence-corrected chi connectivity index (χ3v) is 8.63. The number of carbonyl (C=O) groups excluding carboxylic acids is 1. The minimum atomic E-state index is -3.62. The maximum Gasteiger partial charge on any atom is 0.248 e.